The number of fused-ring (bicyclic) bond motifs is 3. The van der Waals surface area contributed by atoms with Crippen LogP contribution in [-0.4, -0.2) is 0 Å². The molecule has 2 aliphatic carbocycles. The Balaban J connectivity index is 1.97. The smallest absolute Gasteiger partial charge is 0.207 e. The Labute approximate surface area is 152 Å². The highest BCUT2D eigenvalue weighted by Gasteiger charge is 2.78. The van der Waals surface area contributed by atoms with Gasteiger partial charge in [0, 0.05) is 29.5 Å². The van der Waals surface area contributed by atoms with Crippen LogP contribution in [-0.2, 0) is 16.4 Å². The molecule has 128 valence electrons. The number of benzene rings is 2. The zero-order valence-corrected chi connectivity index (χ0v) is 15.6. The topological polar surface area (TPSA) is 3.88 Å². The highest BCUT2D eigenvalue weighted by Crippen LogP contribution is 2.69. The molecule has 0 amide bonds. The van der Waals surface area contributed by atoms with E-state index in [1.165, 1.54) is 33.2 Å². The molecule has 3 aliphatic rings. The van der Waals surface area contributed by atoms with E-state index < -0.39 is 0 Å². The summed E-state index contributed by atoms with van der Waals surface area (Å²) in [5.41, 5.74) is 6.09. The molecule has 2 atom stereocenters. The molecule has 1 saturated carbocycles. The van der Waals surface area contributed by atoms with Crippen molar-refractivity contribution in [1.82, 2.24) is 0 Å². The predicted molar refractivity (Wildman–Crippen MR) is 102 cm³/mol. The minimum absolute atomic E-state index is 0.106. The maximum absolute atomic E-state index is 15.2. The summed E-state index contributed by atoms with van der Waals surface area (Å²) in [6.45, 7) is 13.3. The molecular formula is C24H21FN+. The first-order valence-corrected chi connectivity index (χ1v) is 9.27. The summed E-state index contributed by atoms with van der Waals surface area (Å²) in [7, 11) is 0. The Morgan fingerprint density at radius 1 is 0.962 bits per heavy atom. The molecule has 2 heterocycles. The maximum atomic E-state index is 15.2. The number of allylic oxidation sites excluding steroid dienone is 1. The zero-order chi connectivity index (χ0) is 18.2. The number of halogens is 1. The number of pyridine rings is 1. The van der Waals surface area contributed by atoms with Gasteiger partial charge in [-0.25, -0.2) is 4.39 Å². The van der Waals surface area contributed by atoms with Gasteiger partial charge in [0.2, 0.25) is 11.2 Å². The van der Waals surface area contributed by atoms with Crippen LogP contribution in [0.3, 0.4) is 0 Å². The molecule has 1 aromatic heterocycles. The summed E-state index contributed by atoms with van der Waals surface area (Å²) < 4.78 is 17.6. The van der Waals surface area contributed by atoms with Crippen LogP contribution in [0.25, 0.3) is 22.0 Å². The molecule has 6 rings (SSSR count). The van der Waals surface area contributed by atoms with Gasteiger partial charge in [0.1, 0.15) is 5.82 Å². The maximum Gasteiger partial charge on any atom is 0.222 e. The molecule has 0 saturated heterocycles. The van der Waals surface area contributed by atoms with Gasteiger partial charge >= 0.3 is 0 Å². The van der Waals surface area contributed by atoms with Crippen molar-refractivity contribution in [1.29, 1.82) is 0 Å². The van der Waals surface area contributed by atoms with Gasteiger partial charge in [0.15, 0.2) is 6.20 Å². The van der Waals surface area contributed by atoms with Crippen molar-refractivity contribution in [2.75, 3.05) is 0 Å². The quantitative estimate of drug-likeness (QED) is 0.394. The lowest BCUT2D eigenvalue weighted by Gasteiger charge is -2.38. The molecule has 1 nitrogen and oxygen atoms in total. The van der Waals surface area contributed by atoms with E-state index in [0.29, 0.717) is 0 Å². The highest BCUT2D eigenvalue weighted by atomic mass is 19.1. The zero-order valence-electron chi connectivity index (χ0n) is 15.6. The van der Waals surface area contributed by atoms with E-state index in [-0.39, 0.29) is 22.2 Å². The molecule has 0 bridgehead atoms. The van der Waals surface area contributed by atoms with E-state index in [4.69, 9.17) is 0 Å². The van der Waals surface area contributed by atoms with E-state index in [1.807, 2.05) is 6.07 Å². The lowest BCUT2D eigenvalue weighted by atomic mass is 9.66. The summed E-state index contributed by atoms with van der Waals surface area (Å²) >= 11 is 0. The lowest BCUT2D eigenvalue weighted by Crippen LogP contribution is -2.54. The Hall–Kier alpha value is -2.48. The van der Waals surface area contributed by atoms with Gasteiger partial charge in [0.05, 0.1) is 16.4 Å². The van der Waals surface area contributed by atoms with Crippen LogP contribution >= 0.6 is 0 Å². The Kier molecular flexibility index (Phi) is 2.13. The summed E-state index contributed by atoms with van der Waals surface area (Å²) in [5, 5.41) is 2.49. The normalized spacial score (nSPS) is 28.9. The lowest BCUT2D eigenvalue weighted by molar-refractivity contribution is -0.726. The molecule has 2 unspecified atom stereocenters. The number of hydrogen-bond acceptors (Lipinski definition) is 0. The largest absolute Gasteiger partial charge is 0.222 e. The third-order valence-corrected chi connectivity index (χ3v) is 7.79. The standard InChI is InChI=1S/C24H21FN/c1-13-23(4)16-9-10-17(25)20-19(16)21-18-14(11-12-26(21)24(13,23)5)7-6-8-15(18)22(20,2)3/h6-12H,1H2,2-5H3/q+1. The monoisotopic (exact) mass is 342 g/mol. The molecular weight excluding hydrogens is 321 g/mol. The van der Waals surface area contributed by atoms with Crippen molar-refractivity contribution in [3.8, 4) is 11.3 Å². The fourth-order valence-electron chi connectivity index (χ4n) is 6.02. The SMILES string of the molecule is C=C1C2(C)c3ccc(F)c4c3-c3c5c(cccc5cc[n+]3C12C)C4(C)C. The molecule has 26 heavy (non-hydrogen) atoms. The predicted octanol–water partition coefficient (Wildman–Crippen LogP) is 5.13. The Morgan fingerprint density at radius 3 is 2.50 bits per heavy atom. The van der Waals surface area contributed by atoms with Gasteiger partial charge in [-0.2, -0.15) is 4.57 Å². The van der Waals surface area contributed by atoms with Crippen LogP contribution < -0.4 is 4.57 Å². The second kappa shape index (κ2) is 3.78. The molecule has 1 aliphatic heterocycles. The van der Waals surface area contributed by atoms with Crippen LogP contribution in [0, 0.1) is 5.82 Å². The summed E-state index contributed by atoms with van der Waals surface area (Å²) in [4.78, 5) is 0. The first-order chi connectivity index (χ1) is 12.3. The van der Waals surface area contributed by atoms with Gasteiger partial charge in [0.25, 0.3) is 0 Å². The molecule has 2 heteroatoms. The van der Waals surface area contributed by atoms with Crippen LogP contribution in [0.5, 0.6) is 0 Å². The fraction of sp³-hybridized carbons (Fsp3) is 0.292. The second-order valence-corrected chi connectivity index (χ2v) is 8.95. The van der Waals surface area contributed by atoms with Gasteiger partial charge < -0.3 is 0 Å². The Bertz CT molecular complexity index is 1220. The minimum atomic E-state index is -0.374. The van der Waals surface area contributed by atoms with Crippen molar-refractivity contribution in [3.63, 3.8) is 0 Å². The van der Waals surface area contributed by atoms with Crippen molar-refractivity contribution >= 4 is 10.8 Å². The second-order valence-electron chi connectivity index (χ2n) is 8.95. The van der Waals surface area contributed by atoms with Crippen LogP contribution in [0.15, 0.2) is 54.7 Å². The van der Waals surface area contributed by atoms with Crippen LogP contribution in [0.4, 0.5) is 4.39 Å². The van der Waals surface area contributed by atoms with E-state index >= 15 is 4.39 Å². The van der Waals surface area contributed by atoms with E-state index in [9.17, 15) is 0 Å². The average Bonchev–Trinajstić information content (AvgIpc) is 3.07. The van der Waals surface area contributed by atoms with E-state index in [2.05, 4.69) is 69.3 Å². The van der Waals surface area contributed by atoms with Crippen LogP contribution in [0.1, 0.15) is 44.4 Å². The molecule has 1 fully saturated rings. The van der Waals surface area contributed by atoms with Crippen molar-refractivity contribution < 1.29 is 8.96 Å². The molecule has 0 spiro atoms. The summed E-state index contributed by atoms with van der Waals surface area (Å²) in [5.74, 6) is -0.106. The van der Waals surface area contributed by atoms with Gasteiger partial charge in [-0.15, -0.1) is 0 Å². The molecule has 0 radical (unpaired) electrons. The van der Waals surface area contributed by atoms with Gasteiger partial charge in [-0.05, 0) is 29.5 Å². The van der Waals surface area contributed by atoms with E-state index in [1.54, 1.807) is 6.07 Å². The number of hydrogen-bond donors (Lipinski definition) is 0. The Morgan fingerprint density at radius 2 is 1.73 bits per heavy atom. The fourth-order valence-corrected chi connectivity index (χ4v) is 6.02. The molecule has 3 aromatic rings. The number of rotatable bonds is 0. The number of nitrogens with zero attached hydrogens (tertiary/aromatic N) is 1. The first-order valence-electron chi connectivity index (χ1n) is 9.27. The molecule has 2 aromatic carbocycles. The highest BCUT2D eigenvalue weighted by molar-refractivity contribution is 6.02. The van der Waals surface area contributed by atoms with E-state index in [0.717, 1.165) is 11.1 Å². The first kappa shape index (κ1) is 14.7. The third kappa shape index (κ3) is 1.16. The van der Waals surface area contributed by atoms with Gasteiger partial charge in [-0.1, -0.05) is 44.7 Å². The van der Waals surface area contributed by atoms with Gasteiger partial charge in [-0.3, -0.25) is 0 Å². The third-order valence-electron chi connectivity index (χ3n) is 7.79. The summed E-state index contributed by atoms with van der Waals surface area (Å²) in [6.07, 6.45) is 2.17. The summed E-state index contributed by atoms with van der Waals surface area (Å²) in [6, 6.07) is 12.3. The van der Waals surface area contributed by atoms with Crippen molar-refractivity contribution in [3.05, 3.63) is 77.3 Å². The molecule has 0 N–H and O–H groups in total. The average molecular weight is 342 g/mol. The van der Waals surface area contributed by atoms with Crippen LogP contribution in [0.2, 0.25) is 0 Å². The van der Waals surface area contributed by atoms with Crippen molar-refractivity contribution in [2.45, 2.75) is 44.1 Å². The number of aromatic nitrogens is 1. The van der Waals surface area contributed by atoms with Crippen molar-refractivity contribution in [2.24, 2.45) is 0 Å². The minimum Gasteiger partial charge on any atom is -0.207 e.